The van der Waals surface area contributed by atoms with Crippen LogP contribution in [0.1, 0.15) is 20.8 Å². The van der Waals surface area contributed by atoms with E-state index < -0.39 is 0 Å². The van der Waals surface area contributed by atoms with Gasteiger partial charge in [-0.1, -0.05) is 12.1 Å². The number of amides is 2. The van der Waals surface area contributed by atoms with Crippen molar-refractivity contribution in [2.45, 2.75) is 18.7 Å². The molecular weight excluding hydrogens is 376 g/mol. The molecule has 2 amide bonds. The number of rotatable bonds is 6. The zero-order valence-corrected chi connectivity index (χ0v) is 16.7. The number of nitrogens with one attached hydrogen (secondary N) is 2. The van der Waals surface area contributed by atoms with E-state index in [0.29, 0.717) is 22.0 Å². The zero-order valence-electron chi connectivity index (χ0n) is 15.1. The van der Waals surface area contributed by atoms with E-state index in [2.05, 4.69) is 36.6 Å². The summed E-state index contributed by atoms with van der Waals surface area (Å²) >= 11 is 2.91. The van der Waals surface area contributed by atoms with E-state index in [0.717, 1.165) is 4.90 Å². The fourth-order valence-corrected chi connectivity index (χ4v) is 3.80. The Morgan fingerprint density at radius 1 is 0.926 bits per heavy atom. The number of aryl methyl sites for hydroxylation is 2. The van der Waals surface area contributed by atoms with Gasteiger partial charge in [0, 0.05) is 16.3 Å². The highest BCUT2D eigenvalue weighted by Gasteiger charge is 2.08. The highest BCUT2D eigenvalue weighted by molar-refractivity contribution is 8.00. The lowest BCUT2D eigenvalue weighted by atomic mass is 10.1. The first kappa shape index (κ1) is 19.2. The molecule has 138 valence electrons. The Kier molecular flexibility index (Phi) is 6.32. The molecule has 0 aliphatic heterocycles. The second-order valence-corrected chi connectivity index (χ2v) is 8.09. The van der Waals surface area contributed by atoms with Crippen molar-refractivity contribution in [3.63, 3.8) is 0 Å². The van der Waals surface area contributed by atoms with E-state index in [4.69, 9.17) is 0 Å². The quantitative estimate of drug-likeness (QED) is 0.552. The molecule has 27 heavy (non-hydrogen) atoms. The van der Waals surface area contributed by atoms with E-state index in [1.54, 1.807) is 30.3 Å². The molecule has 0 aliphatic rings. The van der Waals surface area contributed by atoms with Crippen molar-refractivity contribution in [1.29, 1.82) is 0 Å². The minimum atomic E-state index is -0.133. The van der Waals surface area contributed by atoms with Gasteiger partial charge in [-0.25, -0.2) is 0 Å². The molecule has 3 aromatic rings. The smallest absolute Gasteiger partial charge is 0.265 e. The number of carbonyl (C=O) groups excluding carboxylic acids is 2. The normalized spacial score (nSPS) is 10.4. The first-order chi connectivity index (χ1) is 13.0. The summed E-state index contributed by atoms with van der Waals surface area (Å²) in [6, 6.07) is 16.9. The summed E-state index contributed by atoms with van der Waals surface area (Å²) in [6.07, 6.45) is 0. The Hall–Kier alpha value is -2.57. The maximum atomic E-state index is 12.2. The van der Waals surface area contributed by atoms with Crippen molar-refractivity contribution in [3.8, 4) is 0 Å². The molecule has 0 bridgehead atoms. The lowest BCUT2D eigenvalue weighted by Crippen LogP contribution is -2.14. The van der Waals surface area contributed by atoms with Crippen molar-refractivity contribution in [1.82, 2.24) is 0 Å². The van der Waals surface area contributed by atoms with Crippen molar-refractivity contribution in [2.24, 2.45) is 0 Å². The molecule has 0 atom stereocenters. The minimum Gasteiger partial charge on any atom is -0.325 e. The number of hydrogen-bond donors (Lipinski definition) is 2. The minimum absolute atomic E-state index is 0.0615. The molecule has 0 aliphatic carbocycles. The zero-order chi connectivity index (χ0) is 19.2. The first-order valence-corrected chi connectivity index (χ1v) is 10.3. The van der Waals surface area contributed by atoms with Crippen LogP contribution in [0, 0.1) is 13.8 Å². The molecule has 1 aromatic heterocycles. The van der Waals surface area contributed by atoms with Crippen LogP contribution in [0.3, 0.4) is 0 Å². The van der Waals surface area contributed by atoms with Gasteiger partial charge < -0.3 is 10.6 Å². The van der Waals surface area contributed by atoms with Gasteiger partial charge in [0.1, 0.15) is 0 Å². The first-order valence-electron chi connectivity index (χ1n) is 8.46. The van der Waals surface area contributed by atoms with Gasteiger partial charge in [0.15, 0.2) is 0 Å². The summed E-state index contributed by atoms with van der Waals surface area (Å²) in [5.74, 6) is 0.152. The van der Waals surface area contributed by atoms with E-state index in [-0.39, 0.29) is 11.8 Å². The third-order valence-electron chi connectivity index (χ3n) is 4.02. The maximum absolute atomic E-state index is 12.2. The van der Waals surface area contributed by atoms with Gasteiger partial charge in [0.25, 0.3) is 5.91 Å². The van der Waals surface area contributed by atoms with E-state index >= 15 is 0 Å². The fraction of sp³-hybridized carbons (Fsp3) is 0.143. The monoisotopic (exact) mass is 396 g/mol. The van der Waals surface area contributed by atoms with Crippen LogP contribution in [0.4, 0.5) is 11.4 Å². The highest BCUT2D eigenvalue weighted by atomic mass is 32.2. The predicted molar refractivity (Wildman–Crippen MR) is 114 cm³/mol. The van der Waals surface area contributed by atoms with E-state index in [1.165, 1.54) is 34.2 Å². The third-order valence-corrected chi connectivity index (χ3v) is 5.88. The van der Waals surface area contributed by atoms with Crippen LogP contribution in [-0.2, 0) is 4.79 Å². The predicted octanol–water partition coefficient (Wildman–Crippen LogP) is 5.35. The summed E-state index contributed by atoms with van der Waals surface area (Å²) in [7, 11) is 0. The Bertz CT molecular complexity index is 935. The van der Waals surface area contributed by atoms with E-state index in [9.17, 15) is 9.59 Å². The Morgan fingerprint density at radius 3 is 2.26 bits per heavy atom. The molecule has 0 spiro atoms. The number of hydrogen-bond acceptors (Lipinski definition) is 4. The third kappa shape index (κ3) is 5.45. The van der Waals surface area contributed by atoms with Crippen LogP contribution in [0.5, 0.6) is 0 Å². The van der Waals surface area contributed by atoms with Crippen molar-refractivity contribution >= 4 is 46.3 Å². The molecule has 1 heterocycles. The van der Waals surface area contributed by atoms with Gasteiger partial charge in [-0.05, 0) is 72.8 Å². The molecular formula is C21H20N2O2S2. The molecule has 2 aromatic carbocycles. The van der Waals surface area contributed by atoms with Gasteiger partial charge in [-0.2, -0.15) is 0 Å². The summed E-state index contributed by atoms with van der Waals surface area (Å²) in [6.45, 7) is 4.14. The molecule has 2 N–H and O–H groups in total. The lowest BCUT2D eigenvalue weighted by Gasteiger charge is -2.08. The average Bonchev–Trinajstić information content (AvgIpc) is 3.19. The van der Waals surface area contributed by atoms with Crippen LogP contribution in [0.25, 0.3) is 0 Å². The summed E-state index contributed by atoms with van der Waals surface area (Å²) in [5.41, 5.74) is 3.86. The second-order valence-electron chi connectivity index (χ2n) is 6.09. The highest BCUT2D eigenvalue weighted by Crippen LogP contribution is 2.22. The van der Waals surface area contributed by atoms with Crippen molar-refractivity contribution in [3.05, 3.63) is 76.0 Å². The number of benzene rings is 2. The second kappa shape index (κ2) is 8.88. The molecule has 0 radical (unpaired) electrons. The Balaban J connectivity index is 1.50. The van der Waals surface area contributed by atoms with Crippen LogP contribution in [0.2, 0.25) is 0 Å². The molecule has 0 saturated carbocycles. The molecule has 6 heteroatoms. The Labute approximate surface area is 167 Å². The van der Waals surface area contributed by atoms with Crippen molar-refractivity contribution in [2.75, 3.05) is 16.4 Å². The molecule has 3 rings (SSSR count). The van der Waals surface area contributed by atoms with Crippen molar-refractivity contribution < 1.29 is 9.59 Å². The number of thioether (sulfide) groups is 1. The summed E-state index contributed by atoms with van der Waals surface area (Å²) in [5, 5.41) is 7.58. The van der Waals surface area contributed by atoms with Gasteiger partial charge in [0.2, 0.25) is 5.91 Å². The van der Waals surface area contributed by atoms with Crippen LogP contribution in [-0.4, -0.2) is 17.6 Å². The van der Waals surface area contributed by atoms with Gasteiger partial charge in [-0.3, -0.25) is 9.59 Å². The molecule has 0 saturated heterocycles. The standard InChI is InChI=1S/C21H20N2O2S2/c1-14-5-10-18(12-15(14)2)27-13-20(24)22-16-6-8-17(9-7-16)23-21(25)19-4-3-11-26-19/h3-12H,13H2,1-2H3,(H,22,24)(H,23,25). The van der Waals surface area contributed by atoms with Crippen LogP contribution >= 0.6 is 23.1 Å². The van der Waals surface area contributed by atoms with E-state index in [1.807, 2.05) is 17.5 Å². The summed E-state index contributed by atoms with van der Waals surface area (Å²) < 4.78 is 0. The van der Waals surface area contributed by atoms with Gasteiger partial charge in [0.05, 0.1) is 10.6 Å². The summed E-state index contributed by atoms with van der Waals surface area (Å²) in [4.78, 5) is 25.9. The van der Waals surface area contributed by atoms with Crippen LogP contribution in [0.15, 0.2) is 64.9 Å². The number of thiophene rings is 1. The topological polar surface area (TPSA) is 58.2 Å². The Morgan fingerprint density at radius 2 is 1.63 bits per heavy atom. The van der Waals surface area contributed by atoms with Crippen LogP contribution < -0.4 is 10.6 Å². The number of anilines is 2. The maximum Gasteiger partial charge on any atom is 0.265 e. The largest absolute Gasteiger partial charge is 0.325 e. The fourth-order valence-electron chi connectivity index (χ4n) is 2.39. The molecule has 0 unspecified atom stereocenters. The average molecular weight is 397 g/mol. The lowest BCUT2D eigenvalue weighted by molar-refractivity contribution is -0.113. The van der Waals surface area contributed by atoms with Gasteiger partial charge in [-0.15, -0.1) is 23.1 Å². The van der Waals surface area contributed by atoms with Gasteiger partial charge >= 0.3 is 0 Å². The molecule has 4 nitrogen and oxygen atoms in total. The number of carbonyl (C=O) groups is 2. The molecule has 0 fully saturated rings. The SMILES string of the molecule is Cc1ccc(SCC(=O)Nc2ccc(NC(=O)c3cccs3)cc2)cc1C.